The fraction of sp³-hybridized carbons (Fsp3) is 0.917. The molecule has 0 aromatic rings. The van der Waals surface area contributed by atoms with Crippen molar-refractivity contribution in [3.63, 3.8) is 0 Å². The van der Waals surface area contributed by atoms with E-state index in [1.54, 1.807) is 6.92 Å². The molecule has 1 aliphatic rings. The van der Waals surface area contributed by atoms with Crippen molar-refractivity contribution in [3.8, 4) is 0 Å². The molecule has 0 bridgehead atoms. The largest absolute Gasteiger partial charge is 0.354 e. The number of nitrogens with one attached hydrogen (secondary N) is 1. The molecule has 1 aliphatic carbocycles. The first-order valence-electron chi connectivity index (χ1n) is 5.81. The molecular weight excluding hydrogens is 174 g/mol. The lowest BCUT2D eigenvalue weighted by Crippen LogP contribution is -2.46. The van der Waals surface area contributed by atoms with Crippen molar-refractivity contribution < 1.29 is 4.79 Å². The van der Waals surface area contributed by atoms with Crippen LogP contribution < -0.4 is 5.32 Å². The van der Waals surface area contributed by atoms with Gasteiger partial charge in [0.15, 0.2) is 0 Å². The van der Waals surface area contributed by atoms with Gasteiger partial charge in [0, 0.05) is 13.0 Å². The molecule has 0 saturated heterocycles. The molecule has 1 unspecified atom stereocenters. The van der Waals surface area contributed by atoms with E-state index in [9.17, 15) is 4.79 Å². The van der Waals surface area contributed by atoms with Gasteiger partial charge in [-0.05, 0) is 30.6 Å². The van der Waals surface area contributed by atoms with Crippen LogP contribution in [-0.2, 0) is 4.79 Å². The van der Waals surface area contributed by atoms with Crippen LogP contribution in [0.5, 0.6) is 0 Å². The second kappa shape index (κ2) is 4.81. The molecule has 82 valence electrons. The van der Waals surface area contributed by atoms with Crippen LogP contribution in [0.3, 0.4) is 0 Å². The predicted molar refractivity (Wildman–Crippen MR) is 58.9 cm³/mol. The highest BCUT2D eigenvalue weighted by atomic mass is 16.1. The first-order chi connectivity index (χ1) is 6.54. The third kappa shape index (κ3) is 2.73. The quantitative estimate of drug-likeness (QED) is 0.737. The molecule has 14 heavy (non-hydrogen) atoms. The molecule has 0 aliphatic heterocycles. The fourth-order valence-electron chi connectivity index (χ4n) is 2.77. The lowest BCUT2D eigenvalue weighted by Gasteiger charge is -2.42. The minimum atomic E-state index is 0.117. The van der Waals surface area contributed by atoms with Crippen molar-refractivity contribution in [1.29, 1.82) is 0 Å². The van der Waals surface area contributed by atoms with E-state index in [-0.39, 0.29) is 5.91 Å². The maximum atomic E-state index is 10.8. The van der Waals surface area contributed by atoms with E-state index in [0.29, 0.717) is 6.04 Å². The standard InChI is InChI=1S/C12H23NO/c1-5-12(8(2)3)10-6-11(7-10)13-9(4)14/h8,10-12H,5-7H2,1-4H3,(H,13,14)/t10-,11-,12?. The first kappa shape index (κ1) is 11.5. The molecule has 1 fully saturated rings. The maximum Gasteiger partial charge on any atom is 0.217 e. The second-order valence-electron chi connectivity index (χ2n) is 4.95. The van der Waals surface area contributed by atoms with Gasteiger partial charge in [-0.2, -0.15) is 0 Å². The Balaban J connectivity index is 2.28. The third-order valence-electron chi connectivity index (χ3n) is 3.52. The number of amides is 1. The van der Waals surface area contributed by atoms with E-state index in [2.05, 4.69) is 26.1 Å². The average molecular weight is 197 g/mol. The normalized spacial score (nSPS) is 28.4. The van der Waals surface area contributed by atoms with Gasteiger partial charge in [0.2, 0.25) is 5.91 Å². The summed E-state index contributed by atoms with van der Waals surface area (Å²) in [6.45, 7) is 8.49. The summed E-state index contributed by atoms with van der Waals surface area (Å²) in [5.74, 6) is 2.59. The van der Waals surface area contributed by atoms with Crippen LogP contribution in [0.2, 0.25) is 0 Å². The number of carbonyl (C=O) groups excluding carboxylic acids is 1. The minimum Gasteiger partial charge on any atom is -0.354 e. The fourth-order valence-corrected chi connectivity index (χ4v) is 2.77. The summed E-state index contributed by atoms with van der Waals surface area (Å²) in [7, 11) is 0. The number of carbonyl (C=O) groups is 1. The van der Waals surface area contributed by atoms with Crippen molar-refractivity contribution in [1.82, 2.24) is 5.32 Å². The Bertz CT molecular complexity index is 194. The molecular formula is C12H23NO. The van der Waals surface area contributed by atoms with Gasteiger partial charge in [0.05, 0.1) is 0 Å². The number of rotatable bonds is 4. The smallest absolute Gasteiger partial charge is 0.217 e. The minimum absolute atomic E-state index is 0.117. The maximum absolute atomic E-state index is 10.8. The zero-order chi connectivity index (χ0) is 10.7. The highest BCUT2D eigenvalue weighted by Gasteiger charge is 2.35. The van der Waals surface area contributed by atoms with Crippen molar-refractivity contribution in [2.45, 2.75) is 53.0 Å². The summed E-state index contributed by atoms with van der Waals surface area (Å²) in [5.41, 5.74) is 0. The van der Waals surface area contributed by atoms with Crippen molar-refractivity contribution >= 4 is 5.91 Å². The molecule has 2 nitrogen and oxygen atoms in total. The Kier molecular flexibility index (Phi) is 3.97. The van der Waals surface area contributed by atoms with Gasteiger partial charge in [-0.3, -0.25) is 4.79 Å². The van der Waals surface area contributed by atoms with Crippen molar-refractivity contribution in [2.75, 3.05) is 0 Å². The molecule has 0 aromatic heterocycles. The van der Waals surface area contributed by atoms with Crippen LogP contribution >= 0.6 is 0 Å². The first-order valence-corrected chi connectivity index (χ1v) is 5.81. The van der Waals surface area contributed by atoms with Crippen molar-refractivity contribution in [2.24, 2.45) is 17.8 Å². The summed E-state index contributed by atoms with van der Waals surface area (Å²) < 4.78 is 0. The van der Waals surface area contributed by atoms with E-state index in [1.165, 1.54) is 19.3 Å². The monoisotopic (exact) mass is 197 g/mol. The average Bonchev–Trinajstić information content (AvgIpc) is 1.99. The van der Waals surface area contributed by atoms with E-state index < -0.39 is 0 Å². The Hall–Kier alpha value is -0.530. The topological polar surface area (TPSA) is 29.1 Å². The molecule has 1 rings (SSSR count). The Morgan fingerprint density at radius 2 is 2.00 bits per heavy atom. The van der Waals surface area contributed by atoms with Crippen LogP contribution in [0.15, 0.2) is 0 Å². The number of hydrogen-bond acceptors (Lipinski definition) is 1. The van der Waals surface area contributed by atoms with Gasteiger partial charge in [-0.15, -0.1) is 0 Å². The molecule has 0 spiro atoms. The van der Waals surface area contributed by atoms with Gasteiger partial charge in [0.25, 0.3) is 0 Å². The lowest BCUT2D eigenvalue weighted by molar-refractivity contribution is -0.120. The van der Waals surface area contributed by atoms with Crippen LogP contribution in [-0.4, -0.2) is 11.9 Å². The van der Waals surface area contributed by atoms with E-state index in [4.69, 9.17) is 0 Å². The summed E-state index contributed by atoms with van der Waals surface area (Å²) in [5, 5.41) is 2.99. The van der Waals surface area contributed by atoms with Crippen molar-refractivity contribution in [3.05, 3.63) is 0 Å². The second-order valence-corrected chi connectivity index (χ2v) is 4.95. The van der Waals surface area contributed by atoms with E-state index in [0.717, 1.165) is 17.8 Å². The zero-order valence-corrected chi connectivity index (χ0v) is 9.84. The molecule has 0 radical (unpaired) electrons. The highest BCUT2D eigenvalue weighted by Crippen LogP contribution is 2.39. The van der Waals surface area contributed by atoms with Gasteiger partial charge >= 0.3 is 0 Å². The summed E-state index contributed by atoms with van der Waals surface area (Å²) in [4.78, 5) is 10.8. The molecule has 1 amide bonds. The molecule has 2 heteroatoms. The summed E-state index contributed by atoms with van der Waals surface area (Å²) in [6.07, 6.45) is 3.65. The van der Waals surface area contributed by atoms with Crippen LogP contribution in [0.1, 0.15) is 47.0 Å². The Morgan fingerprint density at radius 1 is 1.43 bits per heavy atom. The Labute approximate surface area is 87.5 Å². The molecule has 0 aromatic carbocycles. The summed E-state index contributed by atoms with van der Waals surface area (Å²) >= 11 is 0. The molecule has 1 saturated carbocycles. The molecule has 0 heterocycles. The zero-order valence-electron chi connectivity index (χ0n) is 9.84. The SMILES string of the molecule is CCC(C(C)C)[C@H]1C[C@H](NC(C)=O)C1. The van der Waals surface area contributed by atoms with Crippen LogP contribution in [0, 0.1) is 17.8 Å². The molecule has 1 atom stereocenters. The van der Waals surface area contributed by atoms with E-state index >= 15 is 0 Å². The van der Waals surface area contributed by atoms with Crippen LogP contribution in [0.4, 0.5) is 0 Å². The summed E-state index contributed by atoms with van der Waals surface area (Å²) in [6, 6.07) is 0.463. The van der Waals surface area contributed by atoms with Gasteiger partial charge < -0.3 is 5.32 Å². The van der Waals surface area contributed by atoms with Crippen LogP contribution in [0.25, 0.3) is 0 Å². The van der Waals surface area contributed by atoms with Gasteiger partial charge in [-0.25, -0.2) is 0 Å². The third-order valence-corrected chi connectivity index (χ3v) is 3.52. The van der Waals surface area contributed by atoms with Gasteiger partial charge in [0.1, 0.15) is 0 Å². The highest BCUT2D eigenvalue weighted by molar-refractivity contribution is 5.73. The number of hydrogen-bond donors (Lipinski definition) is 1. The van der Waals surface area contributed by atoms with E-state index in [1.807, 2.05) is 0 Å². The molecule has 1 N–H and O–H groups in total. The van der Waals surface area contributed by atoms with Gasteiger partial charge in [-0.1, -0.05) is 27.2 Å². The predicted octanol–water partition coefficient (Wildman–Crippen LogP) is 2.58. The Morgan fingerprint density at radius 3 is 2.36 bits per heavy atom. The lowest BCUT2D eigenvalue weighted by atomic mass is 9.68.